The van der Waals surface area contributed by atoms with Gasteiger partial charge < -0.3 is 15.3 Å². The summed E-state index contributed by atoms with van der Waals surface area (Å²) in [5.41, 5.74) is 1.04. The SMILES string of the molecule is Oc1ccc(CN2CC[C@@H](N3CCC(O)CC3)[C@H](O)C2)cc1Cl. The minimum atomic E-state index is -0.369. The minimum absolute atomic E-state index is 0.0986. The quantitative estimate of drug-likeness (QED) is 0.777. The van der Waals surface area contributed by atoms with Crippen LogP contribution in [-0.2, 0) is 6.54 Å². The van der Waals surface area contributed by atoms with Gasteiger partial charge in [-0.3, -0.25) is 9.80 Å². The zero-order valence-electron chi connectivity index (χ0n) is 13.2. The van der Waals surface area contributed by atoms with Crippen molar-refractivity contribution >= 4 is 11.6 Å². The highest BCUT2D eigenvalue weighted by molar-refractivity contribution is 6.32. The smallest absolute Gasteiger partial charge is 0.134 e. The van der Waals surface area contributed by atoms with E-state index in [1.807, 2.05) is 6.07 Å². The third-order valence-corrected chi connectivity index (χ3v) is 5.32. The molecule has 0 spiro atoms. The van der Waals surface area contributed by atoms with Gasteiger partial charge in [0.2, 0.25) is 0 Å². The summed E-state index contributed by atoms with van der Waals surface area (Å²) in [5, 5.41) is 30.0. The number of hydrogen-bond acceptors (Lipinski definition) is 5. The zero-order valence-corrected chi connectivity index (χ0v) is 14.0. The fraction of sp³-hybridized carbons (Fsp3) is 0.647. The second kappa shape index (κ2) is 7.36. The molecule has 2 aliphatic heterocycles. The van der Waals surface area contributed by atoms with Crippen LogP contribution in [0.4, 0.5) is 0 Å². The predicted molar refractivity (Wildman–Crippen MR) is 89.6 cm³/mol. The van der Waals surface area contributed by atoms with Crippen molar-refractivity contribution in [2.45, 2.75) is 44.1 Å². The molecule has 2 atom stereocenters. The van der Waals surface area contributed by atoms with Gasteiger partial charge in [0, 0.05) is 38.8 Å². The van der Waals surface area contributed by atoms with Crippen LogP contribution in [0, 0.1) is 0 Å². The number of likely N-dealkylation sites (tertiary alicyclic amines) is 2. The van der Waals surface area contributed by atoms with Gasteiger partial charge in [0.05, 0.1) is 17.2 Å². The van der Waals surface area contributed by atoms with Crippen molar-refractivity contribution in [3.05, 3.63) is 28.8 Å². The third-order valence-electron chi connectivity index (χ3n) is 5.02. The molecule has 0 radical (unpaired) electrons. The number of aromatic hydroxyl groups is 1. The summed E-state index contributed by atoms with van der Waals surface area (Å²) in [6.45, 7) is 4.04. The van der Waals surface area contributed by atoms with Gasteiger partial charge in [-0.05, 0) is 37.0 Å². The second-order valence-corrected chi connectivity index (χ2v) is 7.12. The average Bonchev–Trinajstić information content (AvgIpc) is 2.52. The summed E-state index contributed by atoms with van der Waals surface area (Å²) in [7, 11) is 0. The standard InChI is InChI=1S/C17H25ClN2O3/c18-14-9-12(1-2-16(14)22)10-19-6-5-15(17(23)11-19)20-7-3-13(21)4-8-20/h1-2,9,13,15,17,21-23H,3-8,10-11H2/t15-,17-/m1/s1. The number of nitrogens with zero attached hydrogens (tertiary/aromatic N) is 2. The molecule has 5 nitrogen and oxygen atoms in total. The molecule has 0 unspecified atom stereocenters. The van der Waals surface area contributed by atoms with Gasteiger partial charge in [0.15, 0.2) is 0 Å². The fourth-order valence-electron chi connectivity index (χ4n) is 3.68. The monoisotopic (exact) mass is 340 g/mol. The first kappa shape index (κ1) is 17.0. The molecule has 0 aromatic heterocycles. The summed E-state index contributed by atoms with van der Waals surface area (Å²) in [5.74, 6) is 0.0986. The molecule has 0 saturated carbocycles. The Balaban J connectivity index is 1.54. The van der Waals surface area contributed by atoms with E-state index < -0.39 is 0 Å². The van der Waals surface area contributed by atoms with Gasteiger partial charge in [-0.1, -0.05) is 17.7 Å². The molecule has 6 heteroatoms. The number of hydrogen-bond donors (Lipinski definition) is 3. The lowest BCUT2D eigenvalue weighted by molar-refractivity contribution is -0.0355. The molecule has 1 aromatic carbocycles. The van der Waals surface area contributed by atoms with E-state index >= 15 is 0 Å². The number of aliphatic hydroxyl groups is 2. The maximum atomic E-state index is 10.5. The number of β-amino-alcohol motifs (C(OH)–C–C–N with tert-alkyl or cyclic N) is 1. The topological polar surface area (TPSA) is 67.2 Å². The van der Waals surface area contributed by atoms with Crippen molar-refractivity contribution in [1.82, 2.24) is 9.80 Å². The molecule has 2 fully saturated rings. The Bertz CT molecular complexity index is 535. The predicted octanol–water partition coefficient (Wildman–Crippen LogP) is 1.44. The molecule has 2 heterocycles. The highest BCUT2D eigenvalue weighted by Crippen LogP contribution is 2.26. The van der Waals surface area contributed by atoms with Crippen LogP contribution in [0.3, 0.4) is 0 Å². The molecular formula is C17H25ClN2O3. The van der Waals surface area contributed by atoms with E-state index in [1.165, 1.54) is 0 Å². The number of rotatable bonds is 3. The van der Waals surface area contributed by atoms with Crippen molar-refractivity contribution in [3.8, 4) is 5.75 Å². The lowest BCUT2D eigenvalue weighted by atomic mass is 9.96. The summed E-state index contributed by atoms with van der Waals surface area (Å²) < 4.78 is 0. The van der Waals surface area contributed by atoms with Crippen molar-refractivity contribution in [1.29, 1.82) is 0 Å². The Hall–Kier alpha value is -0.850. The molecule has 0 aliphatic carbocycles. The average molecular weight is 341 g/mol. The van der Waals surface area contributed by atoms with E-state index in [9.17, 15) is 15.3 Å². The molecule has 128 valence electrons. The van der Waals surface area contributed by atoms with E-state index in [2.05, 4.69) is 9.80 Å². The van der Waals surface area contributed by atoms with Crippen LogP contribution in [0.1, 0.15) is 24.8 Å². The molecule has 1 aromatic rings. The van der Waals surface area contributed by atoms with Gasteiger partial charge >= 0.3 is 0 Å². The number of aliphatic hydroxyl groups excluding tert-OH is 2. The van der Waals surface area contributed by atoms with Gasteiger partial charge in [-0.15, -0.1) is 0 Å². The van der Waals surface area contributed by atoms with Crippen LogP contribution < -0.4 is 0 Å². The Morgan fingerprint density at radius 3 is 2.48 bits per heavy atom. The lowest BCUT2D eigenvalue weighted by Crippen LogP contribution is -2.55. The maximum absolute atomic E-state index is 10.5. The van der Waals surface area contributed by atoms with Gasteiger partial charge in [-0.25, -0.2) is 0 Å². The molecule has 2 aliphatic rings. The van der Waals surface area contributed by atoms with Gasteiger partial charge in [0.1, 0.15) is 5.75 Å². The summed E-state index contributed by atoms with van der Waals surface area (Å²) >= 11 is 5.95. The van der Waals surface area contributed by atoms with E-state index in [0.29, 0.717) is 11.6 Å². The first-order chi connectivity index (χ1) is 11.0. The first-order valence-electron chi connectivity index (χ1n) is 8.33. The Morgan fingerprint density at radius 1 is 1.09 bits per heavy atom. The van der Waals surface area contributed by atoms with Crippen LogP contribution in [0.5, 0.6) is 5.75 Å². The molecule has 3 rings (SSSR count). The second-order valence-electron chi connectivity index (χ2n) is 6.71. The van der Waals surface area contributed by atoms with Crippen molar-refractivity contribution in [2.24, 2.45) is 0 Å². The minimum Gasteiger partial charge on any atom is -0.506 e. The van der Waals surface area contributed by atoms with Crippen molar-refractivity contribution in [2.75, 3.05) is 26.2 Å². The van der Waals surface area contributed by atoms with Gasteiger partial charge in [0.25, 0.3) is 0 Å². The molecule has 0 bridgehead atoms. The highest BCUT2D eigenvalue weighted by Gasteiger charge is 2.33. The maximum Gasteiger partial charge on any atom is 0.134 e. The Labute approximate surface area is 142 Å². The number of piperidine rings is 2. The number of phenolic OH excluding ortho intramolecular Hbond substituents is 1. The molecule has 0 amide bonds. The van der Waals surface area contributed by atoms with Crippen LogP contribution in [0.2, 0.25) is 5.02 Å². The van der Waals surface area contributed by atoms with Crippen LogP contribution in [0.15, 0.2) is 18.2 Å². The Morgan fingerprint density at radius 2 is 1.83 bits per heavy atom. The first-order valence-corrected chi connectivity index (χ1v) is 8.70. The largest absolute Gasteiger partial charge is 0.506 e. The summed E-state index contributed by atoms with van der Waals surface area (Å²) in [6, 6.07) is 5.45. The fourth-order valence-corrected chi connectivity index (χ4v) is 3.88. The Kier molecular flexibility index (Phi) is 5.44. The molecule has 3 N–H and O–H groups in total. The number of phenols is 1. The van der Waals surface area contributed by atoms with E-state index in [4.69, 9.17) is 11.6 Å². The normalized spacial score (nSPS) is 28.1. The van der Waals surface area contributed by atoms with E-state index in [0.717, 1.165) is 51.0 Å². The van der Waals surface area contributed by atoms with Crippen LogP contribution in [-0.4, -0.2) is 69.5 Å². The third kappa shape index (κ3) is 4.17. The zero-order chi connectivity index (χ0) is 16.4. The van der Waals surface area contributed by atoms with Gasteiger partial charge in [-0.2, -0.15) is 0 Å². The van der Waals surface area contributed by atoms with Crippen LogP contribution in [0.25, 0.3) is 0 Å². The lowest BCUT2D eigenvalue weighted by Gasteiger charge is -2.43. The highest BCUT2D eigenvalue weighted by atomic mass is 35.5. The number of halogens is 1. The molecule has 2 saturated heterocycles. The van der Waals surface area contributed by atoms with E-state index in [-0.39, 0.29) is 24.0 Å². The molecular weight excluding hydrogens is 316 g/mol. The van der Waals surface area contributed by atoms with Crippen LogP contribution >= 0.6 is 11.6 Å². The number of benzene rings is 1. The van der Waals surface area contributed by atoms with E-state index in [1.54, 1.807) is 12.1 Å². The van der Waals surface area contributed by atoms with Crippen molar-refractivity contribution < 1.29 is 15.3 Å². The summed E-state index contributed by atoms with van der Waals surface area (Å²) in [6.07, 6.45) is 2.00. The summed E-state index contributed by atoms with van der Waals surface area (Å²) in [4.78, 5) is 4.55. The van der Waals surface area contributed by atoms with Crippen molar-refractivity contribution in [3.63, 3.8) is 0 Å². The molecule has 23 heavy (non-hydrogen) atoms.